The van der Waals surface area contributed by atoms with E-state index in [1.165, 1.54) is 0 Å². The van der Waals surface area contributed by atoms with Crippen molar-refractivity contribution in [2.75, 3.05) is 11.4 Å². The first-order chi connectivity index (χ1) is 8.33. The van der Waals surface area contributed by atoms with Gasteiger partial charge < -0.3 is 15.1 Å². The molecule has 0 aliphatic heterocycles. The van der Waals surface area contributed by atoms with E-state index in [1.807, 2.05) is 30.5 Å². The van der Waals surface area contributed by atoms with Crippen LogP contribution in [0.5, 0.6) is 0 Å². The molecular weight excluding hydrogens is 214 g/mol. The first-order valence-electron chi connectivity index (χ1n) is 5.75. The van der Waals surface area contributed by atoms with Gasteiger partial charge in [-0.3, -0.25) is 0 Å². The van der Waals surface area contributed by atoms with Crippen molar-refractivity contribution in [2.45, 2.75) is 20.0 Å². The van der Waals surface area contributed by atoms with E-state index in [1.54, 1.807) is 6.26 Å². The second-order valence-electron chi connectivity index (χ2n) is 3.82. The topological polar surface area (TPSA) is 55.3 Å². The van der Waals surface area contributed by atoms with Gasteiger partial charge in [0.25, 0.3) is 0 Å². The van der Waals surface area contributed by atoms with Crippen LogP contribution in [0.3, 0.4) is 0 Å². The summed E-state index contributed by atoms with van der Waals surface area (Å²) in [5.41, 5.74) is 6.59. The fraction of sp³-hybridized carbons (Fsp3) is 0.308. The number of nitrogens with two attached hydrogens (primary N) is 1. The van der Waals surface area contributed by atoms with Crippen LogP contribution >= 0.6 is 0 Å². The zero-order valence-electron chi connectivity index (χ0n) is 9.97. The fourth-order valence-corrected chi connectivity index (χ4v) is 1.67. The maximum absolute atomic E-state index is 5.55. The average Bonchev–Trinajstić information content (AvgIpc) is 2.89. The zero-order chi connectivity index (χ0) is 12.1. The Morgan fingerprint density at radius 2 is 2.24 bits per heavy atom. The van der Waals surface area contributed by atoms with Gasteiger partial charge in [-0.05, 0) is 30.7 Å². The van der Waals surface area contributed by atoms with Gasteiger partial charge >= 0.3 is 0 Å². The summed E-state index contributed by atoms with van der Waals surface area (Å²) in [6.45, 7) is 4.24. The molecule has 2 aromatic heterocycles. The molecule has 0 amide bonds. The van der Waals surface area contributed by atoms with E-state index in [0.29, 0.717) is 6.54 Å². The summed E-state index contributed by atoms with van der Waals surface area (Å²) < 4.78 is 5.34. The molecule has 17 heavy (non-hydrogen) atoms. The Hall–Kier alpha value is -1.81. The van der Waals surface area contributed by atoms with Gasteiger partial charge in [-0.2, -0.15) is 0 Å². The van der Waals surface area contributed by atoms with Crippen molar-refractivity contribution in [2.24, 2.45) is 5.73 Å². The number of rotatable bonds is 5. The Kier molecular flexibility index (Phi) is 3.77. The normalized spacial score (nSPS) is 10.5. The molecule has 4 nitrogen and oxygen atoms in total. The summed E-state index contributed by atoms with van der Waals surface area (Å²) in [6, 6.07) is 7.87. The monoisotopic (exact) mass is 231 g/mol. The summed E-state index contributed by atoms with van der Waals surface area (Å²) in [4.78, 5) is 6.56. The second kappa shape index (κ2) is 5.50. The highest BCUT2D eigenvalue weighted by molar-refractivity contribution is 5.39. The van der Waals surface area contributed by atoms with Crippen molar-refractivity contribution in [3.8, 4) is 0 Å². The number of furan rings is 1. The molecule has 0 aliphatic carbocycles. The summed E-state index contributed by atoms with van der Waals surface area (Å²) in [6.07, 6.45) is 3.51. The van der Waals surface area contributed by atoms with E-state index in [4.69, 9.17) is 10.2 Å². The third-order valence-corrected chi connectivity index (χ3v) is 2.68. The number of nitrogens with zero attached hydrogens (tertiary/aromatic N) is 2. The first-order valence-corrected chi connectivity index (χ1v) is 5.75. The Morgan fingerprint density at radius 3 is 2.76 bits per heavy atom. The SMILES string of the molecule is CCN(Cc1ccco1)c1ccc(CN)cn1. The maximum atomic E-state index is 5.55. The molecule has 0 bridgehead atoms. The third kappa shape index (κ3) is 2.85. The first kappa shape index (κ1) is 11.7. The number of anilines is 1. The highest BCUT2D eigenvalue weighted by atomic mass is 16.3. The molecule has 0 saturated heterocycles. The minimum Gasteiger partial charge on any atom is -0.467 e. The van der Waals surface area contributed by atoms with Gasteiger partial charge in [0, 0.05) is 19.3 Å². The second-order valence-corrected chi connectivity index (χ2v) is 3.82. The van der Waals surface area contributed by atoms with Crippen molar-refractivity contribution >= 4 is 5.82 Å². The van der Waals surface area contributed by atoms with Crippen molar-refractivity contribution in [1.82, 2.24) is 4.98 Å². The lowest BCUT2D eigenvalue weighted by Crippen LogP contribution is -2.22. The molecular formula is C13H17N3O. The predicted octanol–water partition coefficient (Wildman–Crippen LogP) is 2.16. The lowest BCUT2D eigenvalue weighted by atomic mass is 10.3. The van der Waals surface area contributed by atoms with Gasteiger partial charge in [-0.1, -0.05) is 6.07 Å². The highest BCUT2D eigenvalue weighted by Gasteiger charge is 2.07. The minimum absolute atomic E-state index is 0.525. The fourth-order valence-electron chi connectivity index (χ4n) is 1.67. The standard InChI is InChI=1S/C13H17N3O/c1-2-16(10-12-4-3-7-17-12)13-6-5-11(8-14)9-15-13/h3-7,9H,2,8,10,14H2,1H3. The number of aromatic nitrogens is 1. The molecule has 2 rings (SSSR count). The maximum Gasteiger partial charge on any atom is 0.128 e. The molecule has 4 heteroatoms. The molecule has 0 unspecified atom stereocenters. The molecule has 2 heterocycles. The molecule has 0 spiro atoms. The van der Waals surface area contributed by atoms with Crippen LogP contribution in [0.15, 0.2) is 41.1 Å². The predicted molar refractivity (Wildman–Crippen MR) is 67.6 cm³/mol. The summed E-state index contributed by atoms with van der Waals surface area (Å²) in [5.74, 6) is 1.89. The largest absolute Gasteiger partial charge is 0.467 e. The van der Waals surface area contributed by atoms with Gasteiger partial charge in [0.2, 0.25) is 0 Å². The Bertz CT molecular complexity index is 436. The average molecular weight is 231 g/mol. The van der Waals surface area contributed by atoms with Gasteiger partial charge in [-0.15, -0.1) is 0 Å². The summed E-state index contributed by atoms with van der Waals surface area (Å²) >= 11 is 0. The van der Waals surface area contributed by atoms with Crippen LogP contribution < -0.4 is 10.6 Å². The third-order valence-electron chi connectivity index (χ3n) is 2.68. The van der Waals surface area contributed by atoms with Crippen molar-refractivity contribution in [1.29, 1.82) is 0 Å². The molecule has 0 saturated carbocycles. The van der Waals surface area contributed by atoms with Gasteiger partial charge in [0.15, 0.2) is 0 Å². The van der Waals surface area contributed by atoms with E-state index in [0.717, 1.165) is 30.2 Å². The lowest BCUT2D eigenvalue weighted by molar-refractivity contribution is 0.503. The van der Waals surface area contributed by atoms with Gasteiger partial charge in [0.1, 0.15) is 11.6 Å². The molecule has 2 aromatic rings. The van der Waals surface area contributed by atoms with E-state index in [-0.39, 0.29) is 0 Å². The van der Waals surface area contributed by atoms with E-state index >= 15 is 0 Å². The Labute approximate surface area is 101 Å². The smallest absolute Gasteiger partial charge is 0.128 e. The number of hydrogen-bond acceptors (Lipinski definition) is 4. The van der Waals surface area contributed by atoms with E-state index < -0.39 is 0 Å². The molecule has 90 valence electrons. The highest BCUT2D eigenvalue weighted by Crippen LogP contribution is 2.14. The van der Waals surface area contributed by atoms with Crippen LogP contribution in [-0.4, -0.2) is 11.5 Å². The van der Waals surface area contributed by atoms with Crippen LogP contribution in [-0.2, 0) is 13.1 Å². The van der Waals surface area contributed by atoms with Gasteiger partial charge in [0.05, 0.1) is 12.8 Å². The van der Waals surface area contributed by atoms with Crippen LogP contribution in [0, 0.1) is 0 Å². The molecule has 0 fully saturated rings. The van der Waals surface area contributed by atoms with Crippen molar-refractivity contribution < 1.29 is 4.42 Å². The molecule has 0 aromatic carbocycles. The molecule has 0 aliphatic rings. The van der Waals surface area contributed by atoms with Crippen LogP contribution in [0.25, 0.3) is 0 Å². The zero-order valence-corrected chi connectivity index (χ0v) is 9.97. The van der Waals surface area contributed by atoms with Crippen molar-refractivity contribution in [3.05, 3.63) is 48.0 Å². The van der Waals surface area contributed by atoms with Crippen LogP contribution in [0.2, 0.25) is 0 Å². The van der Waals surface area contributed by atoms with Crippen LogP contribution in [0.4, 0.5) is 5.82 Å². The van der Waals surface area contributed by atoms with E-state index in [2.05, 4.69) is 16.8 Å². The van der Waals surface area contributed by atoms with Gasteiger partial charge in [-0.25, -0.2) is 4.98 Å². The number of pyridine rings is 1. The Balaban J connectivity index is 2.11. The Morgan fingerprint density at radius 1 is 1.35 bits per heavy atom. The minimum atomic E-state index is 0.525. The van der Waals surface area contributed by atoms with Crippen molar-refractivity contribution in [3.63, 3.8) is 0 Å². The quantitative estimate of drug-likeness (QED) is 0.856. The lowest BCUT2D eigenvalue weighted by Gasteiger charge is -2.20. The molecule has 2 N–H and O–H groups in total. The van der Waals surface area contributed by atoms with Crippen LogP contribution in [0.1, 0.15) is 18.2 Å². The summed E-state index contributed by atoms with van der Waals surface area (Å²) in [5, 5.41) is 0. The number of hydrogen-bond donors (Lipinski definition) is 1. The summed E-state index contributed by atoms with van der Waals surface area (Å²) in [7, 11) is 0. The molecule has 0 atom stereocenters. The van der Waals surface area contributed by atoms with E-state index in [9.17, 15) is 0 Å². The molecule has 0 radical (unpaired) electrons.